The van der Waals surface area contributed by atoms with Crippen LogP contribution in [-0.4, -0.2) is 59.5 Å². The van der Waals surface area contributed by atoms with Crippen molar-refractivity contribution in [2.45, 2.75) is 72.4 Å². The van der Waals surface area contributed by atoms with Crippen molar-refractivity contribution in [2.24, 2.45) is 5.92 Å². The van der Waals surface area contributed by atoms with E-state index in [-0.39, 0.29) is 5.91 Å². The summed E-state index contributed by atoms with van der Waals surface area (Å²) < 4.78 is 7.39. The molecule has 162 valence electrons. The van der Waals surface area contributed by atoms with Gasteiger partial charge in [-0.25, -0.2) is 0 Å². The second-order valence-corrected chi connectivity index (χ2v) is 7.88. The molecule has 29 heavy (non-hydrogen) atoms. The third kappa shape index (κ3) is 6.55. The Morgan fingerprint density at radius 3 is 2.59 bits per heavy atom. The van der Waals surface area contributed by atoms with Gasteiger partial charge in [-0.2, -0.15) is 10.4 Å². The van der Waals surface area contributed by atoms with Crippen molar-refractivity contribution in [2.75, 3.05) is 32.8 Å². The molecule has 1 aliphatic rings. The molecule has 0 saturated carbocycles. The molecule has 1 atom stereocenters. The van der Waals surface area contributed by atoms with Gasteiger partial charge in [0.2, 0.25) is 5.91 Å². The first-order valence-corrected chi connectivity index (χ1v) is 11.0. The van der Waals surface area contributed by atoms with Crippen molar-refractivity contribution in [3.05, 3.63) is 17.0 Å². The van der Waals surface area contributed by atoms with Crippen LogP contribution in [0.25, 0.3) is 0 Å². The van der Waals surface area contributed by atoms with Crippen LogP contribution in [0.1, 0.15) is 56.5 Å². The molecule has 1 amide bonds. The summed E-state index contributed by atoms with van der Waals surface area (Å²) >= 11 is 0. The average Bonchev–Trinajstić information content (AvgIpc) is 3.01. The molecule has 7 heteroatoms. The van der Waals surface area contributed by atoms with Gasteiger partial charge in [0, 0.05) is 37.8 Å². The van der Waals surface area contributed by atoms with Gasteiger partial charge in [0.25, 0.3) is 0 Å². The van der Waals surface area contributed by atoms with Crippen LogP contribution in [0.4, 0.5) is 0 Å². The van der Waals surface area contributed by atoms with Crippen LogP contribution in [-0.2, 0) is 22.5 Å². The normalized spacial score (nSPS) is 16.0. The minimum absolute atomic E-state index is 0.0952. The zero-order valence-electron chi connectivity index (χ0n) is 18.5. The van der Waals surface area contributed by atoms with Gasteiger partial charge in [-0.15, -0.1) is 0 Å². The fourth-order valence-corrected chi connectivity index (χ4v) is 4.35. The van der Waals surface area contributed by atoms with E-state index < -0.39 is 0 Å². The van der Waals surface area contributed by atoms with E-state index in [0.717, 1.165) is 56.1 Å². The van der Waals surface area contributed by atoms with Crippen molar-refractivity contribution >= 4 is 5.91 Å². The standard InChI is InChI=1S/C22H37N5O2/c1-5-19(6-2)21(26-12-14-29-15-13-26)16-24-22(28)9-8-20-17(3)25-27(18(20)4)11-7-10-23/h19,21H,5-9,11-16H2,1-4H3,(H,24,28). The van der Waals surface area contributed by atoms with Crippen molar-refractivity contribution in [1.82, 2.24) is 20.0 Å². The van der Waals surface area contributed by atoms with Crippen molar-refractivity contribution in [3.8, 4) is 6.07 Å². The highest BCUT2D eigenvalue weighted by molar-refractivity contribution is 5.76. The van der Waals surface area contributed by atoms with E-state index in [1.54, 1.807) is 0 Å². The minimum Gasteiger partial charge on any atom is -0.379 e. The average molecular weight is 404 g/mol. The van der Waals surface area contributed by atoms with Gasteiger partial charge in [0.15, 0.2) is 0 Å². The maximum Gasteiger partial charge on any atom is 0.220 e. The predicted octanol–water partition coefficient (Wildman–Crippen LogP) is 2.60. The van der Waals surface area contributed by atoms with Crippen LogP contribution < -0.4 is 5.32 Å². The number of aryl methyl sites for hydroxylation is 2. The van der Waals surface area contributed by atoms with E-state index in [1.807, 2.05) is 18.5 Å². The summed E-state index contributed by atoms with van der Waals surface area (Å²) in [5, 5.41) is 16.5. The van der Waals surface area contributed by atoms with E-state index in [0.29, 0.717) is 44.3 Å². The molecule has 1 unspecified atom stereocenters. The van der Waals surface area contributed by atoms with Crippen LogP contribution in [0.15, 0.2) is 0 Å². The largest absolute Gasteiger partial charge is 0.379 e. The monoisotopic (exact) mass is 403 g/mol. The molecular weight excluding hydrogens is 366 g/mol. The molecule has 0 bridgehead atoms. The van der Waals surface area contributed by atoms with Gasteiger partial charge in [-0.05, 0) is 31.7 Å². The summed E-state index contributed by atoms with van der Waals surface area (Å²) in [4.78, 5) is 15.1. The van der Waals surface area contributed by atoms with Crippen molar-refractivity contribution in [3.63, 3.8) is 0 Å². The number of rotatable bonds is 11. The summed E-state index contributed by atoms with van der Waals surface area (Å²) in [7, 11) is 0. The number of amides is 1. The molecule has 1 aromatic heterocycles. The number of nitrogens with zero attached hydrogens (tertiary/aromatic N) is 4. The summed E-state index contributed by atoms with van der Waals surface area (Å²) in [6.45, 7) is 13.2. The van der Waals surface area contributed by atoms with E-state index in [4.69, 9.17) is 10.00 Å². The zero-order chi connectivity index (χ0) is 21.2. The Kier molecular flexibility index (Phi) is 9.62. The number of morpholine rings is 1. The van der Waals surface area contributed by atoms with Crippen LogP contribution in [0, 0.1) is 31.1 Å². The lowest BCUT2D eigenvalue weighted by atomic mass is 9.92. The Hall–Kier alpha value is -1.91. The van der Waals surface area contributed by atoms with Gasteiger partial charge in [-0.1, -0.05) is 26.7 Å². The number of hydrogen-bond donors (Lipinski definition) is 1. The quantitative estimate of drug-likeness (QED) is 0.614. The van der Waals surface area contributed by atoms with Crippen molar-refractivity contribution in [1.29, 1.82) is 5.26 Å². The number of nitrogens with one attached hydrogen (secondary N) is 1. The number of carbonyl (C=O) groups excluding carboxylic acids is 1. The van der Waals surface area contributed by atoms with Gasteiger partial charge in [0.05, 0.1) is 37.9 Å². The molecule has 1 aliphatic heterocycles. The number of aromatic nitrogens is 2. The topological polar surface area (TPSA) is 83.2 Å². The third-order valence-corrected chi connectivity index (χ3v) is 6.18. The summed E-state index contributed by atoms with van der Waals surface area (Å²) in [6.07, 6.45) is 3.83. The second kappa shape index (κ2) is 11.9. The summed E-state index contributed by atoms with van der Waals surface area (Å²) in [5.74, 6) is 0.675. The first-order valence-electron chi connectivity index (χ1n) is 11.0. The molecule has 0 aromatic carbocycles. The number of carbonyl (C=O) groups is 1. The molecule has 0 spiro atoms. The second-order valence-electron chi connectivity index (χ2n) is 7.88. The maximum atomic E-state index is 12.6. The van der Waals surface area contributed by atoms with E-state index in [1.165, 1.54) is 0 Å². The van der Waals surface area contributed by atoms with Crippen LogP contribution >= 0.6 is 0 Å². The molecule has 2 rings (SSSR count). The van der Waals surface area contributed by atoms with Gasteiger partial charge >= 0.3 is 0 Å². The van der Waals surface area contributed by atoms with Crippen LogP contribution in [0.5, 0.6) is 0 Å². The van der Waals surface area contributed by atoms with Gasteiger partial charge < -0.3 is 10.1 Å². The van der Waals surface area contributed by atoms with Gasteiger partial charge in [-0.3, -0.25) is 14.4 Å². The maximum absolute atomic E-state index is 12.6. The number of ether oxygens (including phenoxy) is 1. The molecule has 0 radical (unpaired) electrons. The Morgan fingerprint density at radius 1 is 1.28 bits per heavy atom. The van der Waals surface area contributed by atoms with E-state index in [9.17, 15) is 4.79 Å². The molecule has 1 fully saturated rings. The van der Waals surface area contributed by atoms with Crippen LogP contribution in [0.2, 0.25) is 0 Å². The van der Waals surface area contributed by atoms with Crippen LogP contribution in [0.3, 0.4) is 0 Å². The fourth-order valence-electron chi connectivity index (χ4n) is 4.35. The highest BCUT2D eigenvalue weighted by Crippen LogP contribution is 2.20. The number of nitriles is 1. The molecule has 1 saturated heterocycles. The first-order chi connectivity index (χ1) is 14.0. The van der Waals surface area contributed by atoms with E-state index >= 15 is 0 Å². The Balaban J connectivity index is 1.90. The van der Waals surface area contributed by atoms with Crippen molar-refractivity contribution < 1.29 is 9.53 Å². The highest BCUT2D eigenvalue weighted by Gasteiger charge is 2.27. The zero-order valence-corrected chi connectivity index (χ0v) is 18.5. The molecule has 0 aliphatic carbocycles. The third-order valence-electron chi connectivity index (χ3n) is 6.18. The summed E-state index contributed by atoms with van der Waals surface area (Å²) in [6, 6.07) is 2.53. The smallest absolute Gasteiger partial charge is 0.220 e. The van der Waals surface area contributed by atoms with E-state index in [2.05, 4.69) is 35.2 Å². The molecular formula is C22H37N5O2. The minimum atomic E-state index is 0.0952. The van der Waals surface area contributed by atoms with Gasteiger partial charge in [0.1, 0.15) is 0 Å². The Morgan fingerprint density at radius 2 is 1.97 bits per heavy atom. The highest BCUT2D eigenvalue weighted by atomic mass is 16.5. The Labute approximate surface area is 175 Å². The lowest BCUT2D eigenvalue weighted by Crippen LogP contribution is -2.52. The Bertz CT molecular complexity index is 684. The lowest BCUT2D eigenvalue weighted by molar-refractivity contribution is -0.121. The lowest BCUT2D eigenvalue weighted by Gasteiger charge is -2.38. The molecule has 1 N–H and O–H groups in total. The molecule has 2 heterocycles. The molecule has 7 nitrogen and oxygen atoms in total. The predicted molar refractivity (Wildman–Crippen MR) is 114 cm³/mol. The molecule has 1 aromatic rings. The fraction of sp³-hybridized carbons (Fsp3) is 0.773. The SMILES string of the molecule is CCC(CC)C(CNC(=O)CCc1c(C)nn(CCC#N)c1C)N1CCOCC1. The summed E-state index contributed by atoms with van der Waals surface area (Å²) in [5.41, 5.74) is 3.15. The first kappa shape index (κ1) is 23.4. The number of hydrogen-bond acceptors (Lipinski definition) is 5.